The predicted octanol–water partition coefficient (Wildman–Crippen LogP) is 5.31. The van der Waals surface area contributed by atoms with Crippen LogP contribution in [-0.4, -0.2) is 24.0 Å². The summed E-state index contributed by atoms with van der Waals surface area (Å²) in [7, 11) is 0. The van der Waals surface area contributed by atoms with Gasteiger partial charge in [-0.1, -0.05) is 46.4 Å². The van der Waals surface area contributed by atoms with E-state index in [4.69, 9.17) is 5.26 Å². The Labute approximate surface area is 169 Å². The van der Waals surface area contributed by atoms with Crippen LogP contribution in [0.25, 0.3) is 6.08 Å². The average Bonchev–Trinajstić information content (AvgIpc) is 2.74. The fraction of sp³-hybridized carbons (Fsp3) is 0.348. The Morgan fingerprint density at radius 2 is 2.00 bits per heavy atom. The van der Waals surface area contributed by atoms with E-state index < -0.39 is 0 Å². The van der Waals surface area contributed by atoms with Gasteiger partial charge in [0.1, 0.15) is 5.82 Å². The van der Waals surface area contributed by atoms with E-state index in [9.17, 15) is 4.79 Å². The summed E-state index contributed by atoms with van der Waals surface area (Å²) in [5, 5.41) is 12.2. The smallest absolute Gasteiger partial charge is 0.229 e. The van der Waals surface area contributed by atoms with Gasteiger partial charge in [0.2, 0.25) is 5.91 Å². The molecule has 0 bridgehead atoms. The molecule has 0 unspecified atom stereocenters. The number of nitrogens with one attached hydrogen (secondary N) is 1. The zero-order chi connectivity index (χ0) is 21.4. The maximum absolute atomic E-state index is 12.0. The lowest BCUT2D eigenvalue weighted by Gasteiger charge is -2.22. The first-order valence-electron chi connectivity index (χ1n) is 9.68. The first-order valence-corrected chi connectivity index (χ1v) is 9.68. The van der Waals surface area contributed by atoms with Crippen LogP contribution in [0.5, 0.6) is 0 Å². The second-order valence-electron chi connectivity index (χ2n) is 5.49. The number of hydrogen-bond acceptors (Lipinski definition) is 4. The van der Waals surface area contributed by atoms with E-state index in [0.717, 1.165) is 18.7 Å². The molecule has 0 aliphatic heterocycles. The zero-order valence-electron chi connectivity index (χ0n) is 17.7. The predicted molar refractivity (Wildman–Crippen MR) is 118 cm³/mol. The minimum absolute atomic E-state index is 0.179. The molecule has 0 atom stereocenters. The fourth-order valence-corrected chi connectivity index (χ4v) is 2.28. The van der Waals surface area contributed by atoms with Gasteiger partial charge in [0.05, 0.1) is 17.3 Å². The van der Waals surface area contributed by atoms with Crippen LogP contribution < -0.4 is 10.2 Å². The van der Waals surface area contributed by atoms with Crippen LogP contribution in [0.1, 0.15) is 52.2 Å². The molecule has 1 aromatic carbocycles. The van der Waals surface area contributed by atoms with E-state index in [-0.39, 0.29) is 5.91 Å². The van der Waals surface area contributed by atoms with Crippen molar-refractivity contribution in [1.82, 2.24) is 10.3 Å². The third kappa shape index (κ3) is 8.15. The third-order valence-corrected chi connectivity index (χ3v) is 3.47. The zero-order valence-corrected chi connectivity index (χ0v) is 17.7. The second kappa shape index (κ2) is 15.1. The van der Waals surface area contributed by atoms with E-state index in [0.29, 0.717) is 17.1 Å². The van der Waals surface area contributed by atoms with Crippen LogP contribution in [0.4, 0.5) is 11.5 Å². The number of pyridine rings is 1. The van der Waals surface area contributed by atoms with Crippen molar-refractivity contribution in [3.8, 4) is 6.07 Å². The summed E-state index contributed by atoms with van der Waals surface area (Å²) in [5.74, 6) is 0.326. The van der Waals surface area contributed by atoms with Crippen molar-refractivity contribution in [2.45, 2.75) is 41.0 Å². The monoisotopic (exact) mass is 380 g/mol. The molecule has 0 aliphatic carbocycles. The molecule has 0 saturated heterocycles. The maximum atomic E-state index is 12.0. The highest BCUT2D eigenvalue weighted by molar-refractivity contribution is 5.99. The number of nitrogens with zero attached hydrogens (tertiary/aromatic N) is 3. The molecule has 1 amide bonds. The van der Waals surface area contributed by atoms with E-state index in [2.05, 4.69) is 36.8 Å². The minimum Gasteiger partial charge on any atom is -0.317 e. The Hall–Kier alpha value is -2.97. The second-order valence-corrected chi connectivity index (χ2v) is 5.49. The highest BCUT2D eigenvalue weighted by Gasteiger charge is 2.18. The molecule has 0 spiro atoms. The molecule has 2 rings (SSSR count). The standard InChI is InChI=1S/C16H13N3O.C5H13N.C2H6/c1-3-14-7-5-9-18-16(14)19(12(2)20)15-8-4-6-13(10-15)11-17;1-3-5-6-4-2;1-2/h3-10H,1H2,2H3;6H,3-5H2,1-2H3;1-2H3. The quantitative estimate of drug-likeness (QED) is 0.689. The van der Waals surface area contributed by atoms with Crippen molar-refractivity contribution in [3.05, 3.63) is 60.3 Å². The normalized spacial score (nSPS) is 9.00. The van der Waals surface area contributed by atoms with Gasteiger partial charge in [0, 0.05) is 18.7 Å². The number of aromatic nitrogens is 1. The number of hydrogen-bond donors (Lipinski definition) is 1. The molecule has 0 saturated carbocycles. The molecule has 5 heteroatoms. The molecule has 2 aromatic rings. The Morgan fingerprint density at radius 3 is 2.50 bits per heavy atom. The largest absolute Gasteiger partial charge is 0.317 e. The van der Waals surface area contributed by atoms with Crippen LogP contribution >= 0.6 is 0 Å². The lowest BCUT2D eigenvalue weighted by molar-refractivity contribution is -0.115. The molecular weight excluding hydrogens is 348 g/mol. The third-order valence-electron chi connectivity index (χ3n) is 3.47. The van der Waals surface area contributed by atoms with Crippen molar-refractivity contribution in [3.63, 3.8) is 0 Å². The van der Waals surface area contributed by atoms with Gasteiger partial charge in [-0.25, -0.2) is 4.98 Å². The summed E-state index contributed by atoms with van der Waals surface area (Å²) in [5.41, 5.74) is 1.85. The van der Waals surface area contributed by atoms with Crippen LogP contribution in [0.3, 0.4) is 0 Å². The minimum atomic E-state index is -0.179. The molecule has 5 nitrogen and oxygen atoms in total. The molecule has 28 heavy (non-hydrogen) atoms. The molecule has 0 aliphatic rings. The highest BCUT2D eigenvalue weighted by Crippen LogP contribution is 2.27. The molecule has 150 valence electrons. The van der Waals surface area contributed by atoms with Crippen LogP contribution in [0.2, 0.25) is 0 Å². The number of benzene rings is 1. The van der Waals surface area contributed by atoms with E-state index in [1.54, 1.807) is 42.6 Å². The topological polar surface area (TPSA) is 69.0 Å². The van der Waals surface area contributed by atoms with Gasteiger partial charge in [-0.2, -0.15) is 5.26 Å². The summed E-state index contributed by atoms with van der Waals surface area (Å²) in [6, 6.07) is 12.5. The number of anilines is 2. The van der Waals surface area contributed by atoms with Gasteiger partial charge in [-0.05, 0) is 49.8 Å². The van der Waals surface area contributed by atoms with Crippen molar-refractivity contribution >= 4 is 23.5 Å². The lowest BCUT2D eigenvalue weighted by Crippen LogP contribution is -2.24. The van der Waals surface area contributed by atoms with Crippen LogP contribution in [0.15, 0.2) is 49.2 Å². The SMILES string of the molecule is C=Cc1cccnc1N(C(C)=O)c1cccc(C#N)c1.CC.CCCNCC. The van der Waals surface area contributed by atoms with Crippen molar-refractivity contribution < 1.29 is 4.79 Å². The van der Waals surface area contributed by atoms with Crippen LogP contribution in [-0.2, 0) is 4.79 Å². The molecule has 1 aromatic heterocycles. The Kier molecular flexibility index (Phi) is 13.5. The summed E-state index contributed by atoms with van der Waals surface area (Å²) >= 11 is 0. The lowest BCUT2D eigenvalue weighted by atomic mass is 10.1. The number of rotatable bonds is 6. The summed E-state index contributed by atoms with van der Waals surface area (Å²) in [6.45, 7) is 15.7. The Balaban J connectivity index is 0.000000780. The summed E-state index contributed by atoms with van der Waals surface area (Å²) in [4.78, 5) is 17.7. The molecule has 0 radical (unpaired) electrons. The van der Waals surface area contributed by atoms with Gasteiger partial charge < -0.3 is 5.32 Å². The number of amides is 1. The first kappa shape index (κ1) is 25.0. The Bertz CT molecular complexity index is 761. The van der Waals surface area contributed by atoms with Crippen LogP contribution in [0, 0.1) is 11.3 Å². The van der Waals surface area contributed by atoms with E-state index >= 15 is 0 Å². The maximum Gasteiger partial charge on any atom is 0.229 e. The van der Waals surface area contributed by atoms with Crippen molar-refractivity contribution in [2.24, 2.45) is 0 Å². The highest BCUT2D eigenvalue weighted by atomic mass is 16.2. The van der Waals surface area contributed by atoms with Crippen molar-refractivity contribution in [1.29, 1.82) is 5.26 Å². The van der Waals surface area contributed by atoms with Gasteiger partial charge >= 0.3 is 0 Å². The van der Waals surface area contributed by atoms with E-state index in [1.807, 2.05) is 19.9 Å². The summed E-state index contributed by atoms with van der Waals surface area (Å²) in [6.07, 6.45) is 4.51. The van der Waals surface area contributed by atoms with Gasteiger partial charge in [0.15, 0.2) is 0 Å². The van der Waals surface area contributed by atoms with Crippen molar-refractivity contribution in [2.75, 3.05) is 18.0 Å². The number of carbonyl (C=O) groups excluding carboxylic acids is 1. The molecular formula is C23H32N4O. The molecule has 1 heterocycles. The average molecular weight is 381 g/mol. The molecule has 1 N–H and O–H groups in total. The van der Waals surface area contributed by atoms with Gasteiger partial charge in [-0.15, -0.1) is 0 Å². The van der Waals surface area contributed by atoms with E-state index in [1.165, 1.54) is 18.2 Å². The van der Waals surface area contributed by atoms with Gasteiger partial charge in [-0.3, -0.25) is 9.69 Å². The number of nitriles is 1. The fourth-order valence-electron chi connectivity index (χ4n) is 2.28. The number of carbonyl (C=O) groups is 1. The molecule has 0 fully saturated rings. The van der Waals surface area contributed by atoms with Gasteiger partial charge in [0.25, 0.3) is 0 Å². The first-order chi connectivity index (χ1) is 13.6. The Morgan fingerprint density at radius 1 is 1.29 bits per heavy atom. The summed E-state index contributed by atoms with van der Waals surface area (Å²) < 4.78 is 0.